The Bertz CT molecular complexity index is 604. The lowest BCUT2D eigenvalue weighted by atomic mass is 9.94. The highest BCUT2D eigenvalue weighted by molar-refractivity contribution is 5.90. The van der Waals surface area contributed by atoms with E-state index in [1.54, 1.807) is 12.1 Å². The quantitative estimate of drug-likeness (QED) is 0.661. The second kappa shape index (κ2) is 10.1. The molecule has 1 rings (SSSR count). The van der Waals surface area contributed by atoms with Gasteiger partial charge in [-0.15, -0.1) is 0 Å². The third-order valence-corrected chi connectivity index (χ3v) is 3.36. The van der Waals surface area contributed by atoms with Gasteiger partial charge in [0.15, 0.2) is 0 Å². The number of hydrogen-bond donors (Lipinski definition) is 1. The second-order valence-electron chi connectivity index (χ2n) is 5.07. The number of carboxylic acid groups (broad SMARTS) is 1. The zero-order valence-corrected chi connectivity index (χ0v) is 13.6. The zero-order chi connectivity index (χ0) is 18.0. The van der Waals surface area contributed by atoms with E-state index in [2.05, 4.69) is 0 Å². The molecule has 124 valence electrons. The molecule has 0 aromatic heterocycles. The van der Waals surface area contributed by atoms with Crippen LogP contribution in [0.4, 0.5) is 0 Å². The molecule has 1 aromatic rings. The molecule has 0 radical (unpaired) electrons. The van der Waals surface area contributed by atoms with Crippen LogP contribution in [0.15, 0.2) is 35.4 Å². The van der Waals surface area contributed by atoms with Gasteiger partial charge in [0.2, 0.25) is 0 Å². The first-order valence-electron chi connectivity index (χ1n) is 6.87. The molecule has 1 N–H and O–H groups in total. The molecule has 0 heterocycles. The SMILES string of the molecule is COC(=O)/C(Cc1ccc(C(=O)O)cc1)=C(\C)C(C)C.O=C=O. The maximum atomic E-state index is 11.9. The first kappa shape index (κ1) is 20.3. The van der Waals surface area contributed by atoms with Gasteiger partial charge in [0.05, 0.1) is 12.7 Å². The average Bonchev–Trinajstić information content (AvgIpc) is 2.52. The summed E-state index contributed by atoms with van der Waals surface area (Å²) in [7, 11) is 1.36. The molecule has 6 nitrogen and oxygen atoms in total. The predicted molar refractivity (Wildman–Crippen MR) is 81.7 cm³/mol. The van der Waals surface area contributed by atoms with Gasteiger partial charge >= 0.3 is 18.1 Å². The van der Waals surface area contributed by atoms with Crippen molar-refractivity contribution in [2.24, 2.45) is 5.92 Å². The first-order chi connectivity index (χ1) is 10.8. The summed E-state index contributed by atoms with van der Waals surface area (Å²) in [4.78, 5) is 38.9. The first-order valence-corrected chi connectivity index (χ1v) is 6.87. The summed E-state index contributed by atoms with van der Waals surface area (Å²) in [5.74, 6) is -1.04. The van der Waals surface area contributed by atoms with Crippen molar-refractivity contribution in [2.45, 2.75) is 27.2 Å². The average molecular weight is 320 g/mol. The number of carbonyl (C=O) groups is 2. The maximum absolute atomic E-state index is 11.9. The van der Waals surface area contributed by atoms with Crippen LogP contribution in [-0.4, -0.2) is 30.3 Å². The van der Waals surface area contributed by atoms with E-state index in [4.69, 9.17) is 19.4 Å². The van der Waals surface area contributed by atoms with Crippen LogP contribution >= 0.6 is 0 Å². The van der Waals surface area contributed by atoms with Crippen molar-refractivity contribution in [1.82, 2.24) is 0 Å². The maximum Gasteiger partial charge on any atom is 0.373 e. The molecule has 0 atom stereocenters. The highest BCUT2D eigenvalue weighted by Crippen LogP contribution is 2.20. The molecule has 1 aromatic carbocycles. The van der Waals surface area contributed by atoms with Crippen LogP contribution in [0.3, 0.4) is 0 Å². The van der Waals surface area contributed by atoms with Crippen molar-refractivity contribution < 1.29 is 29.0 Å². The van der Waals surface area contributed by atoms with Crippen molar-refractivity contribution in [3.05, 3.63) is 46.5 Å². The van der Waals surface area contributed by atoms with Crippen LogP contribution in [0.1, 0.15) is 36.7 Å². The van der Waals surface area contributed by atoms with Gasteiger partial charge in [0.25, 0.3) is 0 Å². The van der Waals surface area contributed by atoms with Gasteiger partial charge in [-0.3, -0.25) is 0 Å². The summed E-state index contributed by atoms with van der Waals surface area (Å²) in [6, 6.07) is 6.52. The number of aromatic carboxylic acids is 1. The Morgan fingerprint density at radius 3 is 2.00 bits per heavy atom. The van der Waals surface area contributed by atoms with Crippen LogP contribution in [0.5, 0.6) is 0 Å². The van der Waals surface area contributed by atoms with Gasteiger partial charge in [-0.25, -0.2) is 9.59 Å². The Balaban J connectivity index is 0.00000149. The number of methoxy groups -OCH3 is 1. The van der Waals surface area contributed by atoms with Crippen LogP contribution in [-0.2, 0) is 25.5 Å². The molecule has 23 heavy (non-hydrogen) atoms. The second-order valence-corrected chi connectivity index (χ2v) is 5.07. The van der Waals surface area contributed by atoms with Crippen LogP contribution < -0.4 is 0 Å². The monoisotopic (exact) mass is 320 g/mol. The minimum absolute atomic E-state index is 0.234. The van der Waals surface area contributed by atoms with Gasteiger partial charge in [-0.1, -0.05) is 31.6 Å². The van der Waals surface area contributed by atoms with Crippen molar-refractivity contribution in [2.75, 3.05) is 7.11 Å². The molecule has 0 saturated carbocycles. The van der Waals surface area contributed by atoms with E-state index in [1.807, 2.05) is 20.8 Å². The van der Waals surface area contributed by atoms with Crippen molar-refractivity contribution in [3.63, 3.8) is 0 Å². The zero-order valence-electron chi connectivity index (χ0n) is 13.6. The van der Waals surface area contributed by atoms with Crippen LogP contribution in [0.2, 0.25) is 0 Å². The van der Waals surface area contributed by atoms with Crippen LogP contribution in [0, 0.1) is 5.92 Å². The lowest BCUT2D eigenvalue weighted by Gasteiger charge is -2.13. The summed E-state index contributed by atoms with van der Waals surface area (Å²) in [6.07, 6.45) is 0.691. The normalized spacial score (nSPS) is 10.8. The highest BCUT2D eigenvalue weighted by atomic mass is 16.5. The number of esters is 1. The van der Waals surface area contributed by atoms with Crippen molar-refractivity contribution in [1.29, 1.82) is 0 Å². The smallest absolute Gasteiger partial charge is 0.373 e. The van der Waals surface area contributed by atoms with Gasteiger partial charge in [-0.05, 0) is 30.5 Å². The molecule has 0 aliphatic carbocycles. The van der Waals surface area contributed by atoms with E-state index in [0.29, 0.717) is 12.0 Å². The van der Waals surface area contributed by atoms with E-state index in [1.165, 1.54) is 19.2 Å². The molecular weight excluding hydrogens is 300 g/mol. The standard InChI is InChI=1S/C16H20O4.CO2/c1-10(2)11(3)14(16(19)20-4)9-12-5-7-13(8-6-12)15(17)18;2-1-3/h5-8,10H,9H2,1-4H3,(H,17,18);/b14-11+;. The van der Waals surface area contributed by atoms with Crippen molar-refractivity contribution >= 4 is 18.1 Å². The molecule has 0 bridgehead atoms. The molecule has 0 saturated heterocycles. The Morgan fingerprint density at radius 2 is 1.65 bits per heavy atom. The van der Waals surface area contributed by atoms with E-state index >= 15 is 0 Å². The molecule has 0 aliphatic rings. The third kappa shape index (κ3) is 6.72. The van der Waals surface area contributed by atoms with E-state index in [-0.39, 0.29) is 23.6 Å². The fourth-order valence-electron chi connectivity index (χ4n) is 1.81. The number of hydrogen-bond acceptors (Lipinski definition) is 5. The fourth-order valence-corrected chi connectivity index (χ4v) is 1.81. The summed E-state index contributed by atoms with van der Waals surface area (Å²) in [5, 5.41) is 8.86. The summed E-state index contributed by atoms with van der Waals surface area (Å²) in [5.41, 5.74) is 2.73. The Labute approximate surface area is 134 Å². The molecule has 6 heteroatoms. The minimum Gasteiger partial charge on any atom is -0.478 e. The number of carbonyl (C=O) groups excluding carboxylic acids is 3. The Hall–Kier alpha value is -2.72. The van der Waals surface area contributed by atoms with E-state index in [9.17, 15) is 9.59 Å². The predicted octanol–water partition coefficient (Wildman–Crippen LogP) is 2.49. The molecule has 0 unspecified atom stereocenters. The topological polar surface area (TPSA) is 97.7 Å². The number of allylic oxidation sites excluding steroid dienone is 1. The number of ether oxygens (including phenoxy) is 1. The summed E-state index contributed by atoms with van der Waals surface area (Å²) < 4.78 is 4.83. The molecular formula is C17H20O6. The highest BCUT2D eigenvalue weighted by Gasteiger charge is 2.16. The lowest BCUT2D eigenvalue weighted by Crippen LogP contribution is -2.12. The molecule has 0 aliphatic heterocycles. The van der Waals surface area contributed by atoms with Crippen molar-refractivity contribution in [3.8, 4) is 0 Å². The molecule has 0 fully saturated rings. The largest absolute Gasteiger partial charge is 0.478 e. The van der Waals surface area contributed by atoms with Gasteiger partial charge in [0.1, 0.15) is 0 Å². The number of benzene rings is 1. The third-order valence-electron chi connectivity index (χ3n) is 3.36. The summed E-state index contributed by atoms with van der Waals surface area (Å²) >= 11 is 0. The number of rotatable bonds is 5. The van der Waals surface area contributed by atoms with E-state index in [0.717, 1.165) is 11.1 Å². The Morgan fingerprint density at radius 1 is 1.17 bits per heavy atom. The fraction of sp³-hybridized carbons (Fsp3) is 0.353. The van der Waals surface area contributed by atoms with Gasteiger partial charge in [-0.2, -0.15) is 9.59 Å². The Kier molecular flexibility index (Phi) is 8.89. The number of carboxylic acids is 1. The van der Waals surface area contributed by atoms with Gasteiger partial charge in [0, 0.05) is 12.0 Å². The summed E-state index contributed by atoms with van der Waals surface area (Å²) in [6.45, 7) is 5.96. The minimum atomic E-state index is -0.960. The lowest BCUT2D eigenvalue weighted by molar-refractivity contribution is -0.191. The van der Waals surface area contributed by atoms with Gasteiger partial charge < -0.3 is 9.84 Å². The molecule has 0 amide bonds. The van der Waals surface area contributed by atoms with E-state index < -0.39 is 5.97 Å². The molecule has 0 spiro atoms. The van der Waals surface area contributed by atoms with Crippen LogP contribution in [0.25, 0.3) is 0 Å².